The van der Waals surface area contributed by atoms with Crippen molar-refractivity contribution in [1.29, 1.82) is 0 Å². The predicted octanol–water partition coefficient (Wildman–Crippen LogP) is 3.64. The Morgan fingerprint density at radius 2 is 2.03 bits per heavy atom. The molecule has 1 aromatic heterocycles. The smallest absolute Gasteiger partial charge is 0.383 e. The van der Waals surface area contributed by atoms with Gasteiger partial charge in [0, 0.05) is 39.6 Å². The van der Waals surface area contributed by atoms with E-state index in [0.717, 1.165) is 10.5 Å². The number of benzene rings is 1. The molecule has 0 spiro atoms. The summed E-state index contributed by atoms with van der Waals surface area (Å²) in [6, 6.07) is 7.33. The van der Waals surface area contributed by atoms with E-state index in [2.05, 4.69) is 14.5 Å². The molecule has 1 aromatic carbocycles. The summed E-state index contributed by atoms with van der Waals surface area (Å²) < 4.78 is 15.6. The van der Waals surface area contributed by atoms with Crippen LogP contribution in [0.4, 0.5) is 5.82 Å². The molecule has 31 heavy (non-hydrogen) atoms. The number of aromatic nitrogens is 2. The fraction of sp³-hybridized carbons (Fsp3) is 0.316. The zero-order valence-corrected chi connectivity index (χ0v) is 19.5. The van der Waals surface area contributed by atoms with Crippen LogP contribution in [0.5, 0.6) is 0 Å². The van der Waals surface area contributed by atoms with E-state index >= 15 is 0 Å². The molecule has 0 unspecified atom stereocenters. The molecular weight excluding hydrogens is 463 g/mol. The molecule has 1 heterocycles. The van der Waals surface area contributed by atoms with Crippen LogP contribution in [0.25, 0.3) is 0 Å². The van der Waals surface area contributed by atoms with Crippen LogP contribution in [0.1, 0.15) is 30.3 Å². The maximum Gasteiger partial charge on any atom is 0.469 e. The Bertz CT molecular complexity index is 984. The van der Waals surface area contributed by atoms with Crippen molar-refractivity contribution in [2.75, 3.05) is 12.3 Å². The summed E-state index contributed by atoms with van der Waals surface area (Å²) in [7, 11) is -4.59. The minimum absolute atomic E-state index is 0.159. The molecule has 0 aliphatic heterocycles. The van der Waals surface area contributed by atoms with Crippen molar-refractivity contribution in [3.05, 3.63) is 63.0 Å². The third-order valence-electron chi connectivity index (χ3n) is 4.24. The van der Waals surface area contributed by atoms with Crippen molar-refractivity contribution in [2.45, 2.75) is 32.6 Å². The van der Waals surface area contributed by atoms with Gasteiger partial charge in [0.05, 0.1) is 13.2 Å². The molecule has 0 bridgehead atoms. The van der Waals surface area contributed by atoms with Crippen LogP contribution >= 0.6 is 31.2 Å². The average molecular weight is 487 g/mol. The predicted molar refractivity (Wildman–Crippen MR) is 121 cm³/mol. The number of aryl methyl sites for hydroxylation is 1. The van der Waals surface area contributed by atoms with Gasteiger partial charge in [0.15, 0.2) is 0 Å². The molecule has 1 amide bonds. The van der Waals surface area contributed by atoms with Gasteiger partial charge in [0.1, 0.15) is 11.6 Å². The number of hydrogen-bond acceptors (Lipinski definition) is 7. The second kappa shape index (κ2) is 11.6. The number of allylic oxidation sites excluding steroid dienone is 1. The highest BCUT2D eigenvalue weighted by molar-refractivity contribution is 8.02. The number of hydrogen-bond donors (Lipinski definition) is 3. The van der Waals surface area contributed by atoms with Crippen LogP contribution in [0, 0.1) is 6.92 Å². The number of nitrogen functional groups attached to an aromatic ring is 1. The van der Waals surface area contributed by atoms with Crippen LogP contribution in [0.2, 0.25) is 5.02 Å². The molecule has 0 saturated heterocycles. The van der Waals surface area contributed by atoms with E-state index in [1.54, 1.807) is 32.2 Å². The molecule has 0 radical (unpaired) electrons. The Balaban J connectivity index is 2.23. The van der Waals surface area contributed by atoms with Crippen LogP contribution in [0.15, 0.2) is 41.1 Å². The van der Waals surface area contributed by atoms with Gasteiger partial charge >= 0.3 is 7.82 Å². The van der Waals surface area contributed by atoms with E-state index in [1.165, 1.54) is 16.7 Å². The quantitative estimate of drug-likeness (QED) is 0.320. The van der Waals surface area contributed by atoms with E-state index in [4.69, 9.17) is 27.1 Å². The summed E-state index contributed by atoms with van der Waals surface area (Å²) >= 11 is 7.36. The molecule has 168 valence electrons. The maximum absolute atomic E-state index is 11.8. The minimum Gasteiger partial charge on any atom is -0.383 e. The second-order valence-corrected chi connectivity index (χ2v) is 9.30. The number of carbonyl (C=O) groups is 1. The third-order valence-corrected chi connectivity index (χ3v) is 6.33. The highest BCUT2D eigenvalue weighted by atomic mass is 35.5. The summed E-state index contributed by atoms with van der Waals surface area (Å²) in [6.07, 6.45) is 2.44. The summed E-state index contributed by atoms with van der Waals surface area (Å²) in [4.78, 5) is 40.2. The lowest BCUT2D eigenvalue weighted by atomic mass is 10.2. The van der Waals surface area contributed by atoms with Crippen molar-refractivity contribution < 1.29 is 23.7 Å². The summed E-state index contributed by atoms with van der Waals surface area (Å²) in [5.74, 6) is 1.38. The Morgan fingerprint density at radius 3 is 2.61 bits per heavy atom. The topological polar surface area (TPSA) is 139 Å². The molecule has 12 heteroatoms. The number of carbonyl (C=O) groups excluding carboxylic acids is 1. The lowest BCUT2D eigenvalue weighted by Gasteiger charge is -2.22. The van der Waals surface area contributed by atoms with E-state index < -0.39 is 7.82 Å². The average Bonchev–Trinajstić information content (AvgIpc) is 2.70. The van der Waals surface area contributed by atoms with Gasteiger partial charge in [-0.05, 0) is 31.5 Å². The number of nitrogens with two attached hydrogens (primary N) is 1. The van der Waals surface area contributed by atoms with Gasteiger partial charge in [-0.2, -0.15) is 0 Å². The lowest BCUT2D eigenvalue weighted by molar-refractivity contribution is -0.116. The molecule has 9 nitrogen and oxygen atoms in total. The van der Waals surface area contributed by atoms with Crippen molar-refractivity contribution in [1.82, 2.24) is 14.9 Å². The van der Waals surface area contributed by atoms with Crippen molar-refractivity contribution >= 4 is 43.4 Å². The Hall–Kier alpha value is -1.94. The van der Waals surface area contributed by atoms with Crippen molar-refractivity contribution in [3.63, 3.8) is 0 Å². The zero-order valence-electron chi connectivity index (χ0n) is 17.1. The third kappa shape index (κ3) is 8.60. The second-order valence-electron chi connectivity index (χ2n) is 6.56. The molecule has 2 aromatic rings. The summed E-state index contributed by atoms with van der Waals surface area (Å²) in [6.45, 7) is 3.43. The SMILES string of the molecule is C/C(=C(\CCOP(=O)(O)O)SCc1ccc(Cl)cc1)N(C=O)Cc1cnc(C)nc1N. The Labute approximate surface area is 189 Å². The first-order valence-electron chi connectivity index (χ1n) is 9.16. The Morgan fingerprint density at radius 1 is 1.35 bits per heavy atom. The van der Waals surface area contributed by atoms with Gasteiger partial charge in [-0.1, -0.05) is 23.7 Å². The highest BCUT2D eigenvalue weighted by Crippen LogP contribution is 2.37. The number of phosphoric acid groups is 1. The van der Waals surface area contributed by atoms with Crippen LogP contribution in [-0.2, 0) is 26.2 Å². The molecular formula is C19H24ClN4O5PS. The monoisotopic (exact) mass is 486 g/mol. The highest BCUT2D eigenvalue weighted by Gasteiger charge is 2.17. The summed E-state index contributed by atoms with van der Waals surface area (Å²) in [5, 5.41) is 0.626. The van der Waals surface area contributed by atoms with Gasteiger partial charge in [0.25, 0.3) is 0 Å². The van der Waals surface area contributed by atoms with Gasteiger partial charge in [-0.25, -0.2) is 14.5 Å². The number of phosphoric ester groups is 1. The molecule has 0 aliphatic rings. The lowest BCUT2D eigenvalue weighted by Crippen LogP contribution is -2.22. The molecule has 2 rings (SSSR count). The number of halogens is 1. The van der Waals surface area contributed by atoms with E-state index in [1.807, 2.05) is 12.1 Å². The number of amides is 1. The standard InChI is InChI=1S/C19H24ClN4O5PS/c1-13(24(12-25)10-16-9-22-14(2)23-19(16)21)18(7-8-29-30(26,27)28)31-11-15-3-5-17(20)6-4-15/h3-6,9,12H,7-8,10-11H2,1-2H3,(H2,21,22,23)(H2,26,27,28)/b18-13-. The summed E-state index contributed by atoms with van der Waals surface area (Å²) in [5.41, 5.74) is 8.15. The number of nitrogens with zero attached hydrogens (tertiary/aromatic N) is 3. The number of rotatable bonds is 11. The molecule has 0 fully saturated rings. The first-order chi connectivity index (χ1) is 14.6. The maximum atomic E-state index is 11.8. The molecule has 0 atom stereocenters. The van der Waals surface area contributed by atoms with Crippen LogP contribution < -0.4 is 5.73 Å². The van der Waals surface area contributed by atoms with E-state index in [-0.39, 0.29) is 25.4 Å². The van der Waals surface area contributed by atoms with Crippen molar-refractivity contribution in [2.24, 2.45) is 0 Å². The first-order valence-corrected chi connectivity index (χ1v) is 12.1. The first kappa shape index (κ1) is 25.3. The van der Waals surface area contributed by atoms with Crippen LogP contribution in [0.3, 0.4) is 0 Å². The number of anilines is 1. The van der Waals surface area contributed by atoms with E-state index in [0.29, 0.717) is 34.3 Å². The normalized spacial score (nSPS) is 12.4. The zero-order chi connectivity index (χ0) is 23.0. The molecule has 4 N–H and O–H groups in total. The minimum atomic E-state index is -4.59. The van der Waals surface area contributed by atoms with Gasteiger partial charge in [-0.15, -0.1) is 11.8 Å². The fourth-order valence-corrected chi connectivity index (χ4v) is 4.12. The fourth-order valence-electron chi connectivity index (χ4n) is 2.58. The molecule has 0 saturated carbocycles. The Kier molecular flexibility index (Phi) is 9.49. The molecule has 0 aliphatic carbocycles. The van der Waals surface area contributed by atoms with E-state index in [9.17, 15) is 9.36 Å². The van der Waals surface area contributed by atoms with Crippen molar-refractivity contribution in [3.8, 4) is 0 Å². The van der Waals surface area contributed by atoms with Gasteiger partial charge < -0.3 is 20.4 Å². The van der Waals surface area contributed by atoms with Crippen LogP contribution in [-0.4, -0.2) is 37.7 Å². The van der Waals surface area contributed by atoms with Gasteiger partial charge in [0.2, 0.25) is 6.41 Å². The largest absolute Gasteiger partial charge is 0.469 e. The number of thioether (sulfide) groups is 1. The van der Waals surface area contributed by atoms with Gasteiger partial charge in [-0.3, -0.25) is 9.32 Å².